The van der Waals surface area contributed by atoms with Crippen molar-refractivity contribution in [2.75, 3.05) is 23.9 Å². The Hall–Kier alpha value is -3.46. The summed E-state index contributed by atoms with van der Waals surface area (Å²) >= 11 is 6.13. The Kier molecular flexibility index (Phi) is 5.13. The first-order valence-corrected chi connectivity index (χ1v) is 9.52. The summed E-state index contributed by atoms with van der Waals surface area (Å²) in [6.07, 6.45) is 0. The maximum absolute atomic E-state index is 13.0. The number of amides is 3. The summed E-state index contributed by atoms with van der Waals surface area (Å²) in [4.78, 5) is 39.2. The van der Waals surface area contributed by atoms with Gasteiger partial charge < -0.3 is 10.1 Å². The zero-order valence-corrected chi connectivity index (χ0v) is 17.0. The second kappa shape index (κ2) is 7.75. The van der Waals surface area contributed by atoms with E-state index in [0.29, 0.717) is 17.1 Å². The molecule has 4 rings (SSSR count). The molecule has 9 nitrogen and oxygen atoms in total. The lowest BCUT2D eigenvalue weighted by molar-refractivity contribution is -0.123. The van der Waals surface area contributed by atoms with Gasteiger partial charge in [0.25, 0.3) is 11.8 Å². The number of hydrogen-bond donors (Lipinski definition) is 1. The van der Waals surface area contributed by atoms with Crippen LogP contribution < -0.4 is 15.0 Å². The van der Waals surface area contributed by atoms with Crippen LogP contribution in [0.3, 0.4) is 0 Å². The summed E-state index contributed by atoms with van der Waals surface area (Å²) in [7, 11) is 1.47. The molecular formula is C20H18ClN5O4. The van der Waals surface area contributed by atoms with E-state index >= 15 is 0 Å². The van der Waals surface area contributed by atoms with Gasteiger partial charge in [-0.25, -0.2) is 4.90 Å². The van der Waals surface area contributed by atoms with Gasteiger partial charge in [-0.05, 0) is 37.3 Å². The predicted molar refractivity (Wildman–Crippen MR) is 109 cm³/mol. The smallest absolute Gasteiger partial charge is 0.263 e. The monoisotopic (exact) mass is 427 g/mol. The molecule has 10 heteroatoms. The van der Waals surface area contributed by atoms with Crippen molar-refractivity contribution in [1.82, 2.24) is 5.01 Å². The molecule has 1 N–H and O–H groups in total. The number of imide groups is 1. The van der Waals surface area contributed by atoms with Crippen molar-refractivity contribution in [3.8, 4) is 5.75 Å². The molecule has 2 aliphatic heterocycles. The molecule has 154 valence electrons. The number of benzene rings is 2. The summed E-state index contributed by atoms with van der Waals surface area (Å²) in [5, 5.41) is 12.0. The standard InChI is InChI=1S/C20H18ClN5O4/c1-11-3-5-12(6-4-11)22-16(27)10-25-18-17(23-24-25)19(28)26(20(18)29)13-7-8-15(30-2)14(21)9-13/h3-9,17-18H,10H2,1-2H3,(H,22,27)/t17-,18+/m0/s1. The molecule has 1 saturated heterocycles. The molecule has 0 spiro atoms. The fourth-order valence-corrected chi connectivity index (χ4v) is 3.64. The van der Waals surface area contributed by atoms with Crippen LogP contribution in [0.5, 0.6) is 5.75 Å². The Labute approximate surface area is 177 Å². The average Bonchev–Trinajstić information content (AvgIpc) is 3.23. The van der Waals surface area contributed by atoms with Crippen molar-refractivity contribution < 1.29 is 19.1 Å². The number of aryl methyl sites for hydroxylation is 1. The number of carbonyl (C=O) groups is 3. The molecule has 0 aliphatic carbocycles. The second-order valence-electron chi connectivity index (χ2n) is 6.94. The highest BCUT2D eigenvalue weighted by Gasteiger charge is 2.55. The molecule has 3 amide bonds. The van der Waals surface area contributed by atoms with Gasteiger partial charge >= 0.3 is 0 Å². The molecule has 0 saturated carbocycles. The van der Waals surface area contributed by atoms with Gasteiger partial charge in [-0.2, -0.15) is 5.11 Å². The van der Waals surface area contributed by atoms with Crippen LogP contribution in [0.25, 0.3) is 0 Å². The Morgan fingerprint density at radius 2 is 1.90 bits per heavy atom. The molecule has 2 aromatic rings. The molecule has 0 radical (unpaired) electrons. The number of ether oxygens (including phenoxy) is 1. The fraction of sp³-hybridized carbons (Fsp3) is 0.250. The lowest BCUT2D eigenvalue weighted by Gasteiger charge is -2.20. The van der Waals surface area contributed by atoms with Crippen molar-refractivity contribution in [3.05, 3.63) is 53.1 Å². The van der Waals surface area contributed by atoms with Gasteiger partial charge in [0.15, 0.2) is 12.1 Å². The third-order valence-electron chi connectivity index (χ3n) is 4.89. The van der Waals surface area contributed by atoms with Crippen LogP contribution >= 0.6 is 11.6 Å². The van der Waals surface area contributed by atoms with E-state index in [1.54, 1.807) is 24.3 Å². The summed E-state index contributed by atoms with van der Waals surface area (Å²) in [5.41, 5.74) is 2.00. The minimum atomic E-state index is -0.995. The molecule has 2 heterocycles. The van der Waals surface area contributed by atoms with E-state index in [4.69, 9.17) is 16.3 Å². The van der Waals surface area contributed by atoms with Crippen LogP contribution in [0.2, 0.25) is 5.02 Å². The Morgan fingerprint density at radius 3 is 2.57 bits per heavy atom. The van der Waals surface area contributed by atoms with Crippen molar-refractivity contribution >= 4 is 40.7 Å². The second-order valence-corrected chi connectivity index (χ2v) is 7.34. The molecule has 0 unspecified atom stereocenters. The molecule has 0 aromatic heterocycles. The van der Waals surface area contributed by atoms with E-state index in [9.17, 15) is 14.4 Å². The van der Waals surface area contributed by atoms with E-state index in [2.05, 4.69) is 15.7 Å². The van der Waals surface area contributed by atoms with Crippen molar-refractivity contribution in [2.24, 2.45) is 10.3 Å². The van der Waals surface area contributed by atoms with Crippen molar-refractivity contribution in [2.45, 2.75) is 19.0 Å². The minimum Gasteiger partial charge on any atom is -0.495 e. The summed E-state index contributed by atoms with van der Waals surface area (Å²) in [6, 6.07) is 9.95. The van der Waals surface area contributed by atoms with Gasteiger partial charge in [0.2, 0.25) is 5.91 Å². The van der Waals surface area contributed by atoms with Crippen LogP contribution in [0.4, 0.5) is 11.4 Å². The quantitative estimate of drug-likeness (QED) is 0.738. The number of nitrogens with one attached hydrogen (secondary N) is 1. The first-order chi connectivity index (χ1) is 14.4. The van der Waals surface area contributed by atoms with Crippen molar-refractivity contribution in [3.63, 3.8) is 0 Å². The van der Waals surface area contributed by atoms with Gasteiger partial charge in [0, 0.05) is 5.69 Å². The maximum Gasteiger partial charge on any atom is 0.263 e. The topological polar surface area (TPSA) is 104 Å². The zero-order chi connectivity index (χ0) is 21.4. The maximum atomic E-state index is 13.0. The molecule has 2 aliphatic rings. The van der Waals surface area contributed by atoms with Crippen molar-refractivity contribution in [1.29, 1.82) is 0 Å². The van der Waals surface area contributed by atoms with E-state index in [-0.39, 0.29) is 17.5 Å². The van der Waals surface area contributed by atoms with Gasteiger partial charge in [0.05, 0.1) is 17.8 Å². The van der Waals surface area contributed by atoms with E-state index in [1.807, 2.05) is 19.1 Å². The number of hydrogen-bond acceptors (Lipinski definition) is 7. The minimum absolute atomic E-state index is 0.214. The first-order valence-electron chi connectivity index (χ1n) is 9.14. The molecule has 30 heavy (non-hydrogen) atoms. The lowest BCUT2D eigenvalue weighted by Crippen LogP contribution is -2.43. The molecule has 2 aromatic carbocycles. The van der Waals surface area contributed by atoms with Crippen LogP contribution in [-0.2, 0) is 14.4 Å². The van der Waals surface area contributed by atoms with E-state index < -0.39 is 23.9 Å². The van der Waals surface area contributed by atoms with Crippen LogP contribution in [-0.4, -0.2) is 48.5 Å². The Morgan fingerprint density at radius 1 is 1.17 bits per heavy atom. The van der Waals surface area contributed by atoms with E-state index in [0.717, 1.165) is 10.5 Å². The number of fused-ring (bicyclic) bond motifs is 1. The Bertz CT molecular complexity index is 1060. The molecule has 1 fully saturated rings. The highest BCUT2D eigenvalue weighted by molar-refractivity contribution is 6.33. The average molecular weight is 428 g/mol. The largest absolute Gasteiger partial charge is 0.495 e. The molecular weight excluding hydrogens is 410 g/mol. The van der Waals surface area contributed by atoms with E-state index in [1.165, 1.54) is 18.2 Å². The summed E-state index contributed by atoms with van der Waals surface area (Å²) in [6.45, 7) is 1.73. The molecule has 0 bridgehead atoms. The number of carbonyl (C=O) groups excluding carboxylic acids is 3. The number of methoxy groups -OCH3 is 1. The van der Waals surface area contributed by atoms with Crippen LogP contribution in [0.15, 0.2) is 52.8 Å². The fourth-order valence-electron chi connectivity index (χ4n) is 3.39. The lowest BCUT2D eigenvalue weighted by atomic mass is 10.1. The van der Waals surface area contributed by atoms with Crippen LogP contribution in [0, 0.1) is 6.92 Å². The zero-order valence-electron chi connectivity index (χ0n) is 16.2. The van der Waals surface area contributed by atoms with Crippen LogP contribution in [0.1, 0.15) is 5.56 Å². The van der Waals surface area contributed by atoms with Gasteiger partial charge in [-0.3, -0.25) is 19.4 Å². The number of anilines is 2. The van der Waals surface area contributed by atoms with Gasteiger partial charge in [-0.1, -0.05) is 34.5 Å². The normalized spacial score (nSPS) is 20.0. The van der Waals surface area contributed by atoms with Gasteiger partial charge in [-0.15, -0.1) is 0 Å². The number of halogens is 1. The molecule has 2 atom stereocenters. The third kappa shape index (κ3) is 3.48. The number of nitrogens with zero attached hydrogens (tertiary/aromatic N) is 4. The number of rotatable bonds is 5. The highest BCUT2D eigenvalue weighted by Crippen LogP contribution is 2.35. The SMILES string of the molecule is COc1ccc(N2C(=O)[C@H]3N=NN(CC(=O)Nc4ccc(C)cc4)[C@H]3C2=O)cc1Cl. The summed E-state index contributed by atoms with van der Waals surface area (Å²) < 4.78 is 5.10. The first kappa shape index (κ1) is 19.8. The highest BCUT2D eigenvalue weighted by atomic mass is 35.5. The van der Waals surface area contributed by atoms with Gasteiger partial charge in [0.1, 0.15) is 12.3 Å². The predicted octanol–water partition coefficient (Wildman–Crippen LogP) is 2.59. The summed E-state index contributed by atoms with van der Waals surface area (Å²) in [5.74, 6) is -0.978. The third-order valence-corrected chi connectivity index (χ3v) is 5.19. The Balaban J connectivity index is 1.49.